The zero-order valence-corrected chi connectivity index (χ0v) is 13.8. The molecule has 0 spiro atoms. The van der Waals surface area contributed by atoms with E-state index in [0.29, 0.717) is 5.92 Å². The molecule has 0 saturated carbocycles. The summed E-state index contributed by atoms with van der Waals surface area (Å²) in [4.78, 5) is 10.5. The molecule has 0 amide bonds. The van der Waals surface area contributed by atoms with E-state index >= 15 is 0 Å². The van der Waals surface area contributed by atoms with Gasteiger partial charge in [0.25, 0.3) is 0 Å². The van der Waals surface area contributed by atoms with E-state index in [1.165, 1.54) is 0 Å². The van der Waals surface area contributed by atoms with Gasteiger partial charge in [0.1, 0.15) is 6.10 Å². The minimum absolute atomic E-state index is 0.0875. The van der Waals surface area contributed by atoms with Crippen molar-refractivity contribution in [2.45, 2.75) is 77.5 Å². The smallest absolute Gasteiger partial charge is 0.192 e. The molecule has 3 nitrogen and oxygen atoms in total. The summed E-state index contributed by atoms with van der Waals surface area (Å²) in [6.07, 6.45) is 1.79. The summed E-state index contributed by atoms with van der Waals surface area (Å²) in [5.74, 6) is 0.603. The largest absolute Gasteiger partial charge is 0.414 e. The van der Waals surface area contributed by atoms with E-state index in [9.17, 15) is 4.79 Å². The van der Waals surface area contributed by atoms with Crippen LogP contribution in [0.5, 0.6) is 0 Å². The van der Waals surface area contributed by atoms with Crippen molar-refractivity contribution in [1.29, 1.82) is 0 Å². The molecule has 1 fully saturated rings. The topological polar surface area (TPSA) is 38.8 Å². The Bertz CT molecular complexity index is 299. The summed E-state index contributed by atoms with van der Waals surface area (Å²) in [5.41, 5.74) is 0. The second-order valence-corrected chi connectivity index (χ2v) is 11.4. The second kappa shape index (κ2) is 5.43. The molecule has 1 aliphatic heterocycles. The van der Waals surface area contributed by atoms with Crippen molar-refractivity contribution in [3.05, 3.63) is 0 Å². The average Bonchev–Trinajstić information content (AvgIpc) is 2.94. The molecule has 0 unspecified atom stereocenters. The molecule has 1 rings (SSSR count). The summed E-state index contributed by atoms with van der Waals surface area (Å²) >= 11 is 0. The van der Waals surface area contributed by atoms with Crippen molar-refractivity contribution in [3.63, 3.8) is 0 Å². The third kappa shape index (κ3) is 3.43. The second-order valence-electron chi connectivity index (χ2n) is 6.83. The Hall–Kier alpha value is -0.193. The molecule has 106 valence electrons. The Morgan fingerprint density at radius 2 is 1.89 bits per heavy atom. The molecular weight excluding hydrogens is 244 g/mol. The fourth-order valence-corrected chi connectivity index (χ4v) is 4.99. The van der Waals surface area contributed by atoms with E-state index in [1.807, 2.05) is 0 Å². The molecule has 3 atom stereocenters. The molecule has 1 saturated heterocycles. The van der Waals surface area contributed by atoms with Crippen LogP contribution in [-0.4, -0.2) is 32.9 Å². The predicted octanol–water partition coefficient (Wildman–Crippen LogP) is 3.39. The van der Waals surface area contributed by atoms with Crippen LogP contribution in [0.2, 0.25) is 18.1 Å². The van der Waals surface area contributed by atoms with Gasteiger partial charge in [0.05, 0.1) is 6.10 Å². The first-order chi connectivity index (χ1) is 8.11. The molecule has 4 heteroatoms. The van der Waals surface area contributed by atoms with Crippen molar-refractivity contribution in [2.75, 3.05) is 0 Å². The van der Waals surface area contributed by atoms with E-state index in [4.69, 9.17) is 9.16 Å². The lowest BCUT2D eigenvalue weighted by molar-refractivity contribution is -0.108. The molecule has 0 N–H and O–H groups in total. The molecular formula is C14H28O3Si. The molecule has 0 radical (unpaired) electrons. The highest BCUT2D eigenvalue weighted by Gasteiger charge is 2.46. The maximum absolute atomic E-state index is 10.5. The van der Waals surface area contributed by atoms with Crippen LogP contribution in [0.3, 0.4) is 0 Å². The highest BCUT2D eigenvalue weighted by Crippen LogP contribution is 2.45. The van der Waals surface area contributed by atoms with Crippen LogP contribution in [0.15, 0.2) is 0 Å². The molecule has 0 aromatic heterocycles. The zero-order valence-electron chi connectivity index (χ0n) is 12.8. The highest BCUT2D eigenvalue weighted by atomic mass is 28.4. The summed E-state index contributed by atoms with van der Waals surface area (Å²) < 4.78 is 11.6. The quantitative estimate of drug-likeness (QED) is 0.405. The number of carbonyl (C=O) groups is 1. The fourth-order valence-electron chi connectivity index (χ4n) is 2.19. The van der Waals surface area contributed by atoms with Gasteiger partial charge in [0.15, 0.2) is 14.6 Å². The van der Waals surface area contributed by atoms with Crippen molar-refractivity contribution in [2.24, 2.45) is 5.92 Å². The van der Waals surface area contributed by atoms with Gasteiger partial charge in [0.2, 0.25) is 0 Å². The van der Waals surface area contributed by atoms with Crippen LogP contribution in [0.4, 0.5) is 0 Å². The molecule has 18 heavy (non-hydrogen) atoms. The Labute approximate surface area is 112 Å². The van der Waals surface area contributed by atoms with Crippen LogP contribution in [-0.2, 0) is 14.0 Å². The zero-order chi connectivity index (χ0) is 14.1. The lowest BCUT2D eigenvalue weighted by Gasteiger charge is -2.44. The first kappa shape index (κ1) is 15.9. The maximum Gasteiger partial charge on any atom is 0.192 e. The Balaban J connectivity index is 2.52. The van der Waals surface area contributed by atoms with Gasteiger partial charge in [-0.05, 0) is 31.0 Å². The van der Waals surface area contributed by atoms with E-state index in [0.717, 1.165) is 12.7 Å². The Morgan fingerprint density at radius 1 is 1.33 bits per heavy atom. The third-order valence-corrected chi connectivity index (χ3v) is 9.48. The fraction of sp³-hybridized carbons (Fsp3) is 0.929. The minimum Gasteiger partial charge on any atom is -0.414 e. The van der Waals surface area contributed by atoms with Crippen LogP contribution < -0.4 is 0 Å². The maximum atomic E-state index is 10.5. The standard InChI is InChI=1S/C14H28O3Si/c1-10(2)14(4,5)18(6,7)17-11(3)8-12-13(9-15)16-12/h9-13H,8H2,1-7H3/t11-,12+,13+/m1/s1. The van der Waals surface area contributed by atoms with Gasteiger partial charge >= 0.3 is 0 Å². The van der Waals surface area contributed by atoms with Crippen molar-refractivity contribution in [3.8, 4) is 0 Å². The number of ether oxygens (including phenoxy) is 1. The van der Waals surface area contributed by atoms with Gasteiger partial charge in [-0.25, -0.2) is 0 Å². The number of aldehydes is 1. The van der Waals surface area contributed by atoms with Gasteiger partial charge in [0, 0.05) is 12.5 Å². The van der Waals surface area contributed by atoms with E-state index in [2.05, 4.69) is 47.7 Å². The van der Waals surface area contributed by atoms with Crippen LogP contribution >= 0.6 is 0 Å². The normalized spacial score (nSPS) is 26.2. The highest BCUT2D eigenvalue weighted by molar-refractivity contribution is 6.74. The molecule has 0 aromatic rings. The number of hydrogen-bond donors (Lipinski definition) is 0. The summed E-state index contributed by atoms with van der Waals surface area (Å²) in [7, 11) is -1.77. The van der Waals surface area contributed by atoms with Gasteiger partial charge < -0.3 is 14.0 Å². The molecule has 1 heterocycles. The lowest BCUT2D eigenvalue weighted by atomic mass is 9.99. The average molecular weight is 272 g/mol. The van der Waals surface area contributed by atoms with Gasteiger partial charge in [-0.2, -0.15) is 0 Å². The van der Waals surface area contributed by atoms with Gasteiger partial charge in [-0.15, -0.1) is 0 Å². The number of epoxide rings is 1. The predicted molar refractivity (Wildman–Crippen MR) is 76.3 cm³/mol. The van der Waals surface area contributed by atoms with Crippen molar-refractivity contribution >= 4 is 14.6 Å². The van der Waals surface area contributed by atoms with Crippen LogP contribution in [0.25, 0.3) is 0 Å². The Kier molecular flexibility index (Phi) is 4.79. The lowest BCUT2D eigenvalue weighted by Crippen LogP contribution is -2.47. The van der Waals surface area contributed by atoms with Gasteiger partial charge in [-0.3, -0.25) is 0 Å². The first-order valence-corrected chi connectivity index (χ1v) is 9.81. The van der Waals surface area contributed by atoms with E-state index in [-0.39, 0.29) is 23.4 Å². The summed E-state index contributed by atoms with van der Waals surface area (Å²) in [5, 5.41) is 0.232. The number of rotatable bonds is 7. The minimum atomic E-state index is -1.77. The SMILES string of the molecule is CC(C)C(C)(C)[Si](C)(C)O[C@H](C)C[C@@H]1O[C@H]1C=O. The molecule has 0 aromatic carbocycles. The first-order valence-electron chi connectivity index (χ1n) is 6.90. The van der Waals surface area contributed by atoms with Crippen molar-refractivity contribution in [1.82, 2.24) is 0 Å². The third-order valence-electron chi connectivity index (χ3n) is 4.81. The van der Waals surface area contributed by atoms with E-state index in [1.54, 1.807) is 0 Å². The monoisotopic (exact) mass is 272 g/mol. The number of hydrogen-bond acceptors (Lipinski definition) is 3. The summed E-state index contributed by atoms with van der Waals surface area (Å²) in [6, 6.07) is 0. The van der Waals surface area contributed by atoms with Crippen LogP contribution in [0.1, 0.15) is 41.0 Å². The van der Waals surface area contributed by atoms with Crippen LogP contribution in [0, 0.1) is 5.92 Å². The Morgan fingerprint density at radius 3 is 2.28 bits per heavy atom. The number of carbonyl (C=O) groups excluding carboxylic acids is 1. The van der Waals surface area contributed by atoms with Gasteiger partial charge in [-0.1, -0.05) is 27.7 Å². The summed E-state index contributed by atoms with van der Waals surface area (Å²) in [6.45, 7) is 15.8. The molecule has 0 aliphatic carbocycles. The van der Waals surface area contributed by atoms with E-state index < -0.39 is 8.32 Å². The molecule has 1 aliphatic rings. The molecule has 0 bridgehead atoms. The van der Waals surface area contributed by atoms with Crippen molar-refractivity contribution < 1.29 is 14.0 Å².